The number of anilines is 1. The summed E-state index contributed by atoms with van der Waals surface area (Å²) >= 11 is 0. The molecule has 1 aliphatic rings. The fraction of sp³-hybridized carbons (Fsp3) is 0.400. The summed E-state index contributed by atoms with van der Waals surface area (Å²) in [5.41, 5.74) is 2.40. The van der Waals surface area contributed by atoms with Crippen molar-refractivity contribution in [2.45, 2.75) is 12.5 Å². The maximum atomic E-state index is 10.3. The first-order valence-electron chi connectivity index (χ1n) is 8.58. The molecule has 1 saturated heterocycles. The van der Waals surface area contributed by atoms with Gasteiger partial charge < -0.3 is 14.7 Å². The highest BCUT2D eigenvalue weighted by molar-refractivity contribution is 5.51. The van der Waals surface area contributed by atoms with Crippen LogP contribution in [0.2, 0.25) is 0 Å². The normalized spacial score (nSPS) is 16.8. The molecule has 2 aromatic rings. The van der Waals surface area contributed by atoms with Gasteiger partial charge in [0.25, 0.3) is 0 Å². The van der Waals surface area contributed by atoms with E-state index in [1.165, 1.54) is 11.3 Å². The maximum absolute atomic E-state index is 10.3. The number of rotatable bonds is 6. The van der Waals surface area contributed by atoms with Crippen molar-refractivity contribution in [2.24, 2.45) is 0 Å². The molecule has 0 aliphatic carbocycles. The number of benzene rings is 2. The highest BCUT2D eigenvalue weighted by Gasteiger charge is 2.19. The van der Waals surface area contributed by atoms with E-state index in [4.69, 9.17) is 4.74 Å². The van der Waals surface area contributed by atoms with Gasteiger partial charge in [0.2, 0.25) is 0 Å². The molecule has 3 rings (SSSR count). The summed E-state index contributed by atoms with van der Waals surface area (Å²) in [6, 6.07) is 18.4. The first-order valence-corrected chi connectivity index (χ1v) is 8.58. The number of aliphatic hydroxyl groups is 1. The quantitative estimate of drug-likeness (QED) is 0.884. The van der Waals surface area contributed by atoms with Crippen LogP contribution in [0, 0.1) is 0 Å². The lowest BCUT2D eigenvalue weighted by Gasteiger charge is -2.37. The molecule has 0 unspecified atom stereocenters. The zero-order chi connectivity index (χ0) is 16.8. The monoisotopic (exact) mass is 326 g/mol. The van der Waals surface area contributed by atoms with Gasteiger partial charge in [0.05, 0.1) is 13.2 Å². The molecule has 0 amide bonds. The van der Waals surface area contributed by atoms with Crippen molar-refractivity contribution in [3.8, 4) is 5.75 Å². The molecule has 24 heavy (non-hydrogen) atoms. The summed E-state index contributed by atoms with van der Waals surface area (Å²) in [5.74, 6) is 0.896. The van der Waals surface area contributed by atoms with Crippen LogP contribution in [0.25, 0.3) is 0 Å². The van der Waals surface area contributed by atoms with Gasteiger partial charge in [-0.05, 0) is 24.1 Å². The van der Waals surface area contributed by atoms with Gasteiger partial charge in [-0.1, -0.05) is 36.4 Å². The Labute approximate surface area is 144 Å². The van der Waals surface area contributed by atoms with E-state index < -0.39 is 0 Å². The minimum atomic E-state index is -0.309. The molecule has 0 aromatic heterocycles. The van der Waals surface area contributed by atoms with Crippen LogP contribution < -0.4 is 9.64 Å². The molecule has 1 N–H and O–H groups in total. The summed E-state index contributed by atoms with van der Waals surface area (Å²) in [5, 5.41) is 10.3. The predicted octanol–water partition coefficient (Wildman–Crippen LogP) is 2.42. The lowest BCUT2D eigenvalue weighted by Crippen LogP contribution is -2.48. The van der Waals surface area contributed by atoms with E-state index in [1.807, 2.05) is 30.3 Å². The Morgan fingerprint density at radius 1 is 1.00 bits per heavy atom. The van der Waals surface area contributed by atoms with Gasteiger partial charge in [0, 0.05) is 44.5 Å². The summed E-state index contributed by atoms with van der Waals surface area (Å²) in [7, 11) is 1.70. The van der Waals surface area contributed by atoms with Crippen molar-refractivity contribution in [3.63, 3.8) is 0 Å². The number of ether oxygens (including phenoxy) is 1. The molecule has 4 nitrogen and oxygen atoms in total. The Hall–Kier alpha value is -2.04. The summed E-state index contributed by atoms with van der Waals surface area (Å²) in [4.78, 5) is 4.73. The Morgan fingerprint density at radius 3 is 2.46 bits per heavy atom. The van der Waals surface area contributed by atoms with Gasteiger partial charge in [-0.2, -0.15) is 0 Å². The molecule has 0 spiro atoms. The van der Waals surface area contributed by atoms with Crippen molar-refractivity contribution in [1.82, 2.24) is 4.90 Å². The number of methoxy groups -OCH3 is 1. The standard InChI is InChI=1S/C20H26N2O2/c1-24-20-9-5-8-18(15-20)22-12-10-21(11-13-22)16-19(23)14-17-6-3-2-4-7-17/h2-9,15,19,23H,10-14,16H2,1H3/t19-/m1/s1. The highest BCUT2D eigenvalue weighted by Crippen LogP contribution is 2.22. The fourth-order valence-electron chi connectivity index (χ4n) is 3.24. The molecular weight excluding hydrogens is 300 g/mol. The van der Waals surface area contributed by atoms with Gasteiger partial charge in [-0.25, -0.2) is 0 Å². The van der Waals surface area contributed by atoms with Crippen LogP contribution in [0.3, 0.4) is 0 Å². The third kappa shape index (κ3) is 4.49. The molecule has 1 atom stereocenters. The van der Waals surface area contributed by atoms with Crippen molar-refractivity contribution in [2.75, 3.05) is 44.7 Å². The number of hydrogen-bond acceptors (Lipinski definition) is 4. The van der Waals surface area contributed by atoms with Crippen molar-refractivity contribution >= 4 is 5.69 Å². The molecular formula is C20H26N2O2. The van der Waals surface area contributed by atoms with E-state index in [0.29, 0.717) is 0 Å². The SMILES string of the molecule is COc1cccc(N2CCN(C[C@H](O)Cc3ccccc3)CC2)c1. The average Bonchev–Trinajstić information content (AvgIpc) is 2.63. The Balaban J connectivity index is 1.48. The van der Waals surface area contributed by atoms with E-state index in [-0.39, 0.29) is 6.10 Å². The van der Waals surface area contributed by atoms with Crippen LogP contribution in [0.4, 0.5) is 5.69 Å². The molecule has 0 bridgehead atoms. The molecule has 1 aliphatic heterocycles. The summed E-state index contributed by atoms with van der Waals surface area (Å²) in [6.45, 7) is 4.64. The smallest absolute Gasteiger partial charge is 0.120 e. The second-order valence-electron chi connectivity index (χ2n) is 6.33. The van der Waals surface area contributed by atoms with E-state index in [1.54, 1.807) is 7.11 Å². The van der Waals surface area contributed by atoms with Gasteiger partial charge in [0.1, 0.15) is 5.75 Å². The third-order valence-corrected chi connectivity index (χ3v) is 4.57. The van der Waals surface area contributed by atoms with Gasteiger partial charge >= 0.3 is 0 Å². The first kappa shape index (κ1) is 16.8. The summed E-state index contributed by atoms with van der Waals surface area (Å²) in [6.07, 6.45) is 0.410. The first-order chi connectivity index (χ1) is 11.7. The number of β-amino-alcohol motifs (C(OH)–C–C–N with tert-alkyl or cyclic N) is 1. The molecule has 128 valence electrons. The second-order valence-corrected chi connectivity index (χ2v) is 6.33. The number of piperazine rings is 1. The van der Waals surface area contributed by atoms with Crippen LogP contribution in [-0.2, 0) is 6.42 Å². The molecule has 2 aromatic carbocycles. The van der Waals surface area contributed by atoms with Gasteiger partial charge in [-0.3, -0.25) is 4.90 Å². The topological polar surface area (TPSA) is 35.9 Å². The Bertz CT molecular complexity index is 625. The zero-order valence-electron chi connectivity index (χ0n) is 14.3. The molecule has 0 radical (unpaired) electrons. The van der Waals surface area contributed by atoms with Crippen LogP contribution in [0.15, 0.2) is 54.6 Å². The Morgan fingerprint density at radius 2 is 1.75 bits per heavy atom. The van der Waals surface area contributed by atoms with Crippen LogP contribution in [-0.4, -0.2) is 55.9 Å². The zero-order valence-corrected chi connectivity index (χ0v) is 14.3. The van der Waals surface area contributed by atoms with Gasteiger partial charge in [-0.15, -0.1) is 0 Å². The minimum absolute atomic E-state index is 0.309. The third-order valence-electron chi connectivity index (χ3n) is 4.57. The molecule has 4 heteroatoms. The van der Waals surface area contributed by atoms with Crippen molar-refractivity contribution in [1.29, 1.82) is 0 Å². The van der Waals surface area contributed by atoms with E-state index in [0.717, 1.165) is 44.9 Å². The average molecular weight is 326 g/mol. The molecule has 1 fully saturated rings. The van der Waals surface area contributed by atoms with Gasteiger partial charge in [0.15, 0.2) is 0 Å². The molecule has 1 heterocycles. The lowest BCUT2D eigenvalue weighted by atomic mass is 10.1. The van der Waals surface area contributed by atoms with E-state index >= 15 is 0 Å². The van der Waals surface area contributed by atoms with Crippen LogP contribution in [0.5, 0.6) is 5.75 Å². The fourth-order valence-corrected chi connectivity index (χ4v) is 3.24. The summed E-state index contributed by atoms with van der Waals surface area (Å²) < 4.78 is 5.31. The van der Waals surface area contributed by atoms with Crippen molar-refractivity contribution < 1.29 is 9.84 Å². The Kier molecular flexibility index (Phi) is 5.72. The van der Waals surface area contributed by atoms with E-state index in [2.05, 4.69) is 34.1 Å². The number of hydrogen-bond donors (Lipinski definition) is 1. The lowest BCUT2D eigenvalue weighted by molar-refractivity contribution is 0.109. The van der Waals surface area contributed by atoms with Crippen molar-refractivity contribution in [3.05, 3.63) is 60.2 Å². The van der Waals surface area contributed by atoms with E-state index in [9.17, 15) is 5.11 Å². The largest absolute Gasteiger partial charge is 0.497 e. The number of aliphatic hydroxyl groups excluding tert-OH is 1. The minimum Gasteiger partial charge on any atom is -0.497 e. The number of nitrogens with zero attached hydrogens (tertiary/aromatic N) is 2. The van der Waals surface area contributed by atoms with Crippen LogP contribution >= 0.6 is 0 Å². The highest BCUT2D eigenvalue weighted by atomic mass is 16.5. The van der Waals surface area contributed by atoms with Crippen LogP contribution in [0.1, 0.15) is 5.56 Å². The molecule has 0 saturated carbocycles. The maximum Gasteiger partial charge on any atom is 0.120 e. The predicted molar refractivity (Wildman–Crippen MR) is 97.8 cm³/mol. The second kappa shape index (κ2) is 8.18.